The summed E-state index contributed by atoms with van der Waals surface area (Å²) < 4.78 is 0. The zero-order valence-electron chi connectivity index (χ0n) is 7.63. The highest BCUT2D eigenvalue weighted by Crippen LogP contribution is 2.23. The standard InChI is InChI=1S/C10H19NO/c12-10-7-2-1-6-9(10)11-8-4-3-5-8/h8-12H,1-7H2/t9-,10-/m0/s1. The predicted molar refractivity (Wildman–Crippen MR) is 49.0 cm³/mol. The summed E-state index contributed by atoms with van der Waals surface area (Å²) in [6.07, 6.45) is 8.64. The fraction of sp³-hybridized carbons (Fsp3) is 1.00. The van der Waals surface area contributed by atoms with Crippen molar-refractivity contribution in [2.75, 3.05) is 0 Å². The second kappa shape index (κ2) is 3.75. The molecular weight excluding hydrogens is 150 g/mol. The first kappa shape index (κ1) is 8.52. The molecule has 12 heavy (non-hydrogen) atoms. The fourth-order valence-corrected chi connectivity index (χ4v) is 2.18. The lowest BCUT2D eigenvalue weighted by molar-refractivity contribution is 0.0778. The molecule has 0 aliphatic heterocycles. The van der Waals surface area contributed by atoms with Gasteiger partial charge in [-0.25, -0.2) is 0 Å². The van der Waals surface area contributed by atoms with Crippen LogP contribution in [0.25, 0.3) is 0 Å². The zero-order chi connectivity index (χ0) is 8.39. The Kier molecular flexibility index (Phi) is 2.66. The Morgan fingerprint density at radius 3 is 2.25 bits per heavy atom. The van der Waals surface area contributed by atoms with Crippen LogP contribution < -0.4 is 5.32 Å². The third-order valence-electron chi connectivity index (χ3n) is 3.28. The Balaban J connectivity index is 1.76. The molecule has 2 atom stereocenters. The van der Waals surface area contributed by atoms with Gasteiger partial charge in [-0.3, -0.25) is 0 Å². The van der Waals surface area contributed by atoms with Crippen molar-refractivity contribution in [2.24, 2.45) is 0 Å². The second-order valence-electron chi connectivity index (χ2n) is 4.25. The van der Waals surface area contributed by atoms with Gasteiger partial charge >= 0.3 is 0 Å². The summed E-state index contributed by atoms with van der Waals surface area (Å²) in [4.78, 5) is 0. The van der Waals surface area contributed by atoms with Crippen molar-refractivity contribution in [3.63, 3.8) is 0 Å². The Labute approximate surface area is 74.4 Å². The van der Waals surface area contributed by atoms with Gasteiger partial charge in [-0.1, -0.05) is 19.3 Å². The third-order valence-corrected chi connectivity index (χ3v) is 3.28. The second-order valence-corrected chi connectivity index (χ2v) is 4.25. The highest BCUT2D eigenvalue weighted by Gasteiger charge is 2.27. The van der Waals surface area contributed by atoms with Crippen LogP contribution in [0.5, 0.6) is 0 Å². The van der Waals surface area contributed by atoms with Gasteiger partial charge < -0.3 is 10.4 Å². The number of rotatable bonds is 2. The number of aliphatic hydroxyl groups excluding tert-OH is 1. The molecule has 2 aliphatic rings. The van der Waals surface area contributed by atoms with Crippen molar-refractivity contribution in [1.82, 2.24) is 5.32 Å². The topological polar surface area (TPSA) is 32.3 Å². The van der Waals surface area contributed by atoms with Gasteiger partial charge in [0, 0.05) is 12.1 Å². The van der Waals surface area contributed by atoms with Crippen molar-refractivity contribution in [3.05, 3.63) is 0 Å². The zero-order valence-corrected chi connectivity index (χ0v) is 7.63. The molecular formula is C10H19NO. The summed E-state index contributed by atoms with van der Waals surface area (Å²) in [5, 5.41) is 13.2. The number of hydrogen-bond donors (Lipinski definition) is 2. The highest BCUT2D eigenvalue weighted by molar-refractivity contribution is 4.86. The number of hydrogen-bond acceptors (Lipinski definition) is 2. The fourth-order valence-electron chi connectivity index (χ4n) is 2.18. The molecule has 0 aromatic carbocycles. The Morgan fingerprint density at radius 2 is 1.67 bits per heavy atom. The summed E-state index contributed by atoms with van der Waals surface area (Å²) >= 11 is 0. The number of aliphatic hydroxyl groups is 1. The Hall–Kier alpha value is -0.0800. The van der Waals surface area contributed by atoms with Crippen LogP contribution in [0, 0.1) is 0 Å². The van der Waals surface area contributed by atoms with E-state index in [-0.39, 0.29) is 6.10 Å². The van der Waals surface area contributed by atoms with Gasteiger partial charge in [-0.05, 0) is 25.7 Å². The average Bonchev–Trinajstić information content (AvgIpc) is 2.00. The van der Waals surface area contributed by atoms with E-state index in [2.05, 4.69) is 5.32 Å². The normalized spacial score (nSPS) is 37.8. The molecule has 2 aliphatic carbocycles. The van der Waals surface area contributed by atoms with Crippen molar-refractivity contribution in [2.45, 2.75) is 63.1 Å². The van der Waals surface area contributed by atoms with E-state index in [0.29, 0.717) is 6.04 Å². The van der Waals surface area contributed by atoms with Crippen LogP contribution in [-0.4, -0.2) is 23.3 Å². The molecule has 0 heterocycles. The van der Waals surface area contributed by atoms with Gasteiger partial charge in [0.1, 0.15) is 0 Å². The van der Waals surface area contributed by atoms with Crippen molar-refractivity contribution in [1.29, 1.82) is 0 Å². The summed E-state index contributed by atoms with van der Waals surface area (Å²) in [5.41, 5.74) is 0. The predicted octanol–water partition coefficient (Wildman–Crippen LogP) is 1.43. The van der Waals surface area contributed by atoms with Crippen LogP contribution in [0.3, 0.4) is 0 Å². The molecule has 2 rings (SSSR count). The van der Waals surface area contributed by atoms with Crippen LogP contribution in [0.15, 0.2) is 0 Å². The monoisotopic (exact) mass is 169 g/mol. The van der Waals surface area contributed by atoms with Crippen molar-refractivity contribution >= 4 is 0 Å². The molecule has 2 saturated carbocycles. The molecule has 70 valence electrons. The first-order chi connectivity index (χ1) is 5.86. The van der Waals surface area contributed by atoms with Crippen LogP contribution in [-0.2, 0) is 0 Å². The van der Waals surface area contributed by atoms with Gasteiger partial charge in [-0.2, -0.15) is 0 Å². The van der Waals surface area contributed by atoms with E-state index in [1.165, 1.54) is 38.5 Å². The van der Waals surface area contributed by atoms with Crippen LogP contribution >= 0.6 is 0 Å². The molecule has 2 N–H and O–H groups in total. The molecule has 0 radical (unpaired) electrons. The molecule has 2 nitrogen and oxygen atoms in total. The third kappa shape index (κ3) is 1.80. The van der Waals surface area contributed by atoms with Gasteiger partial charge in [0.2, 0.25) is 0 Å². The molecule has 0 saturated heterocycles. The molecule has 0 aromatic heterocycles. The first-order valence-corrected chi connectivity index (χ1v) is 5.30. The quantitative estimate of drug-likeness (QED) is 0.655. The maximum atomic E-state index is 9.67. The van der Waals surface area contributed by atoms with E-state index >= 15 is 0 Å². The minimum absolute atomic E-state index is 0.0700. The lowest BCUT2D eigenvalue weighted by atomic mass is 9.88. The van der Waals surface area contributed by atoms with Gasteiger partial charge in [-0.15, -0.1) is 0 Å². The van der Waals surface area contributed by atoms with Crippen LogP contribution in [0.1, 0.15) is 44.9 Å². The van der Waals surface area contributed by atoms with Crippen molar-refractivity contribution < 1.29 is 5.11 Å². The summed E-state index contributed by atoms with van der Waals surface area (Å²) in [6, 6.07) is 1.13. The van der Waals surface area contributed by atoms with E-state index in [0.717, 1.165) is 12.5 Å². The van der Waals surface area contributed by atoms with E-state index in [1.807, 2.05) is 0 Å². The van der Waals surface area contributed by atoms with Gasteiger partial charge in [0.05, 0.1) is 6.10 Å². The largest absolute Gasteiger partial charge is 0.392 e. The van der Waals surface area contributed by atoms with Crippen LogP contribution in [0.2, 0.25) is 0 Å². The first-order valence-electron chi connectivity index (χ1n) is 5.30. The maximum Gasteiger partial charge on any atom is 0.0693 e. The molecule has 2 heteroatoms. The summed E-state index contributed by atoms with van der Waals surface area (Å²) in [6.45, 7) is 0. The van der Waals surface area contributed by atoms with Crippen LogP contribution in [0.4, 0.5) is 0 Å². The Bertz CT molecular complexity index is 145. The SMILES string of the molecule is O[C@H]1CCCC[C@@H]1NC1CCC1. The van der Waals surface area contributed by atoms with E-state index in [4.69, 9.17) is 0 Å². The molecule has 0 spiro atoms. The minimum atomic E-state index is -0.0700. The Morgan fingerprint density at radius 1 is 0.917 bits per heavy atom. The van der Waals surface area contributed by atoms with Gasteiger partial charge in [0.25, 0.3) is 0 Å². The van der Waals surface area contributed by atoms with Crippen molar-refractivity contribution in [3.8, 4) is 0 Å². The molecule has 0 amide bonds. The van der Waals surface area contributed by atoms with Gasteiger partial charge in [0.15, 0.2) is 0 Å². The molecule has 0 unspecified atom stereocenters. The summed E-state index contributed by atoms with van der Waals surface area (Å²) in [7, 11) is 0. The molecule has 0 aromatic rings. The number of nitrogens with one attached hydrogen (secondary N) is 1. The lowest BCUT2D eigenvalue weighted by Crippen LogP contribution is -2.49. The maximum absolute atomic E-state index is 9.67. The smallest absolute Gasteiger partial charge is 0.0693 e. The minimum Gasteiger partial charge on any atom is -0.392 e. The average molecular weight is 169 g/mol. The highest BCUT2D eigenvalue weighted by atomic mass is 16.3. The lowest BCUT2D eigenvalue weighted by Gasteiger charge is -2.36. The summed E-state index contributed by atoms with van der Waals surface area (Å²) in [5.74, 6) is 0. The van der Waals surface area contributed by atoms with E-state index in [1.54, 1.807) is 0 Å². The molecule has 2 fully saturated rings. The van der Waals surface area contributed by atoms with E-state index < -0.39 is 0 Å². The molecule has 0 bridgehead atoms. The van der Waals surface area contributed by atoms with E-state index in [9.17, 15) is 5.11 Å².